The van der Waals surface area contributed by atoms with E-state index in [1.165, 1.54) is 11.1 Å². The molecule has 1 fully saturated rings. The Kier molecular flexibility index (Phi) is 5.74. The maximum atomic E-state index is 13.2. The number of carbonyl (C=O) groups is 1. The molecule has 4 nitrogen and oxygen atoms in total. The third-order valence-corrected chi connectivity index (χ3v) is 6.26. The fourth-order valence-electron chi connectivity index (χ4n) is 3.78. The molecule has 1 amide bonds. The van der Waals surface area contributed by atoms with Crippen molar-refractivity contribution in [2.24, 2.45) is 0 Å². The van der Waals surface area contributed by atoms with Gasteiger partial charge in [-0.15, -0.1) is 0 Å². The quantitative estimate of drug-likeness (QED) is 0.587. The molecule has 0 spiro atoms. The van der Waals surface area contributed by atoms with Crippen molar-refractivity contribution in [3.63, 3.8) is 0 Å². The zero-order valence-electron chi connectivity index (χ0n) is 16.5. The van der Waals surface area contributed by atoms with Crippen LogP contribution >= 0.6 is 11.3 Å². The standard InChI is InChI=1S/C23H26N2O2S/c1-16-13-17(2)22-20(14-16)28-23(24-22)25(15-19-9-6-12-27-19)21(26)11-10-18-7-4-3-5-8-18/h3-5,7-8,13-14,19H,6,9-12,15H2,1-2H3. The van der Waals surface area contributed by atoms with Crippen molar-refractivity contribution in [2.75, 3.05) is 18.1 Å². The number of aryl methyl sites for hydroxylation is 3. The summed E-state index contributed by atoms with van der Waals surface area (Å²) in [5.74, 6) is 0.118. The predicted molar refractivity (Wildman–Crippen MR) is 115 cm³/mol. The molecular weight excluding hydrogens is 368 g/mol. The van der Waals surface area contributed by atoms with Crippen LogP contribution in [-0.2, 0) is 16.0 Å². The van der Waals surface area contributed by atoms with Crippen LogP contribution in [0, 0.1) is 13.8 Å². The lowest BCUT2D eigenvalue weighted by Crippen LogP contribution is -2.37. The fraction of sp³-hybridized carbons (Fsp3) is 0.391. The number of anilines is 1. The average molecular weight is 395 g/mol. The van der Waals surface area contributed by atoms with Gasteiger partial charge in [-0.2, -0.15) is 0 Å². The van der Waals surface area contributed by atoms with Gasteiger partial charge in [0.2, 0.25) is 5.91 Å². The maximum absolute atomic E-state index is 13.2. The third-order valence-electron chi connectivity index (χ3n) is 5.23. The monoisotopic (exact) mass is 394 g/mol. The van der Waals surface area contributed by atoms with Crippen LogP contribution in [0.3, 0.4) is 0 Å². The molecule has 1 aliphatic heterocycles. The minimum Gasteiger partial charge on any atom is -0.376 e. The molecule has 0 N–H and O–H groups in total. The summed E-state index contributed by atoms with van der Waals surface area (Å²) in [5, 5.41) is 0.789. The van der Waals surface area contributed by atoms with E-state index in [1.807, 2.05) is 23.1 Å². The molecule has 2 aromatic carbocycles. The molecule has 5 heteroatoms. The predicted octanol–water partition coefficient (Wildman–Crippen LogP) is 5.06. The van der Waals surface area contributed by atoms with Gasteiger partial charge in [-0.05, 0) is 55.9 Å². The van der Waals surface area contributed by atoms with E-state index in [0.717, 1.165) is 46.8 Å². The van der Waals surface area contributed by atoms with Gasteiger partial charge in [0, 0.05) is 13.0 Å². The van der Waals surface area contributed by atoms with Gasteiger partial charge in [-0.3, -0.25) is 9.69 Å². The first-order chi connectivity index (χ1) is 13.6. The van der Waals surface area contributed by atoms with Crippen LogP contribution < -0.4 is 4.90 Å². The van der Waals surface area contributed by atoms with Gasteiger partial charge in [-0.25, -0.2) is 4.98 Å². The zero-order valence-corrected chi connectivity index (χ0v) is 17.3. The summed E-state index contributed by atoms with van der Waals surface area (Å²) in [5.41, 5.74) is 4.56. The molecule has 28 heavy (non-hydrogen) atoms. The van der Waals surface area contributed by atoms with Crippen LogP contribution in [0.1, 0.15) is 36.0 Å². The lowest BCUT2D eigenvalue weighted by atomic mass is 10.1. The summed E-state index contributed by atoms with van der Waals surface area (Å²) in [4.78, 5) is 19.9. The topological polar surface area (TPSA) is 42.4 Å². The number of hydrogen-bond donors (Lipinski definition) is 0. The number of nitrogens with zero attached hydrogens (tertiary/aromatic N) is 2. The fourth-order valence-corrected chi connectivity index (χ4v) is 4.95. The van der Waals surface area contributed by atoms with Crippen LogP contribution in [0.2, 0.25) is 0 Å². The molecule has 1 atom stereocenters. The van der Waals surface area contributed by atoms with Crippen molar-refractivity contribution >= 4 is 32.6 Å². The molecule has 1 saturated heterocycles. The van der Waals surface area contributed by atoms with E-state index in [0.29, 0.717) is 13.0 Å². The largest absolute Gasteiger partial charge is 0.376 e. The zero-order chi connectivity index (χ0) is 19.5. The Morgan fingerprint density at radius 2 is 2.07 bits per heavy atom. The molecule has 1 unspecified atom stereocenters. The van der Waals surface area contributed by atoms with E-state index < -0.39 is 0 Å². The van der Waals surface area contributed by atoms with Gasteiger partial charge >= 0.3 is 0 Å². The van der Waals surface area contributed by atoms with Crippen LogP contribution in [0.4, 0.5) is 5.13 Å². The summed E-state index contributed by atoms with van der Waals surface area (Å²) in [6.45, 7) is 5.56. The number of fused-ring (bicyclic) bond motifs is 1. The van der Waals surface area contributed by atoms with Crippen molar-refractivity contribution < 1.29 is 9.53 Å². The van der Waals surface area contributed by atoms with E-state index in [4.69, 9.17) is 9.72 Å². The van der Waals surface area contributed by atoms with Gasteiger partial charge in [0.15, 0.2) is 5.13 Å². The van der Waals surface area contributed by atoms with Gasteiger partial charge in [0.05, 0.1) is 22.9 Å². The van der Waals surface area contributed by atoms with E-state index >= 15 is 0 Å². The molecule has 146 valence electrons. The maximum Gasteiger partial charge on any atom is 0.229 e. The molecule has 0 saturated carbocycles. The van der Waals surface area contributed by atoms with Gasteiger partial charge in [0.25, 0.3) is 0 Å². The number of aromatic nitrogens is 1. The molecule has 4 rings (SSSR count). The number of ether oxygens (including phenoxy) is 1. The summed E-state index contributed by atoms with van der Waals surface area (Å²) in [6, 6.07) is 14.5. The first-order valence-electron chi connectivity index (χ1n) is 9.94. The molecule has 3 aromatic rings. The lowest BCUT2D eigenvalue weighted by molar-refractivity contribution is -0.119. The van der Waals surface area contributed by atoms with Crippen molar-refractivity contribution in [1.29, 1.82) is 0 Å². The molecular formula is C23H26N2O2S. The first-order valence-corrected chi connectivity index (χ1v) is 10.8. The minimum atomic E-state index is 0.107. The van der Waals surface area contributed by atoms with E-state index in [-0.39, 0.29) is 12.0 Å². The first kappa shape index (κ1) is 19.1. The molecule has 0 bridgehead atoms. The average Bonchev–Trinajstić information content (AvgIpc) is 3.34. The van der Waals surface area contributed by atoms with E-state index in [1.54, 1.807) is 11.3 Å². The normalized spacial score (nSPS) is 16.6. The molecule has 0 aliphatic carbocycles. The second-order valence-electron chi connectivity index (χ2n) is 7.55. The highest BCUT2D eigenvalue weighted by Crippen LogP contribution is 2.33. The van der Waals surface area contributed by atoms with Crippen molar-refractivity contribution in [2.45, 2.75) is 45.6 Å². The molecule has 1 aliphatic rings. The smallest absolute Gasteiger partial charge is 0.229 e. The Hall–Kier alpha value is -2.24. The number of benzene rings is 2. The summed E-state index contributed by atoms with van der Waals surface area (Å²) < 4.78 is 6.96. The highest BCUT2D eigenvalue weighted by atomic mass is 32.1. The molecule has 0 radical (unpaired) electrons. The highest BCUT2D eigenvalue weighted by Gasteiger charge is 2.26. The second kappa shape index (κ2) is 8.41. The van der Waals surface area contributed by atoms with Crippen LogP contribution in [0.5, 0.6) is 0 Å². The Morgan fingerprint density at radius 3 is 2.82 bits per heavy atom. The number of carbonyl (C=O) groups excluding carboxylic acids is 1. The highest BCUT2D eigenvalue weighted by molar-refractivity contribution is 7.22. The second-order valence-corrected chi connectivity index (χ2v) is 8.56. The number of thiazole rings is 1. The van der Waals surface area contributed by atoms with Crippen LogP contribution in [-0.4, -0.2) is 30.1 Å². The number of amides is 1. The summed E-state index contributed by atoms with van der Waals surface area (Å²) in [7, 11) is 0. The van der Waals surface area contributed by atoms with Gasteiger partial charge < -0.3 is 4.74 Å². The SMILES string of the molecule is Cc1cc(C)c2nc(N(CC3CCCO3)C(=O)CCc3ccccc3)sc2c1. The number of rotatable bonds is 6. The number of hydrogen-bond acceptors (Lipinski definition) is 4. The minimum absolute atomic E-state index is 0.107. The Balaban J connectivity index is 1.59. The van der Waals surface area contributed by atoms with E-state index in [9.17, 15) is 4.79 Å². The Labute approximate surface area is 170 Å². The van der Waals surface area contributed by atoms with Gasteiger partial charge in [-0.1, -0.05) is 47.7 Å². The molecule has 1 aromatic heterocycles. The third kappa shape index (κ3) is 4.26. The summed E-state index contributed by atoms with van der Waals surface area (Å²) in [6.07, 6.45) is 3.39. The Morgan fingerprint density at radius 1 is 1.25 bits per heavy atom. The lowest BCUT2D eigenvalue weighted by Gasteiger charge is -2.23. The van der Waals surface area contributed by atoms with Crippen LogP contribution in [0.15, 0.2) is 42.5 Å². The van der Waals surface area contributed by atoms with Gasteiger partial charge in [0.1, 0.15) is 0 Å². The van der Waals surface area contributed by atoms with Crippen molar-refractivity contribution in [3.05, 3.63) is 59.2 Å². The van der Waals surface area contributed by atoms with Crippen molar-refractivity contribution in [1.82, 2.24) is 4.98 Å². The summed E-state index contributed by atoms with van der Waals surface area (Å²) >= 11 is 1.61. The van der Waals surface area contributed by atoms with Crippen LogP contribution in [0.25, 0.3) is 10.2 Å². The van der Waals surface area contributed by atoms with E-state index in [2.05, 4.69) is 38.1 Å². The van der Waals surface area contributed by atoms with Crippen molar-refractivity contribution in [3.8, 4) is 0 Å². The molecule has 2 heterocycles. The Bertz CT molecular complexity index is 961.